The van der Waals surface area contributed by atoms with Crippen LogP contribution in [0.3, 0.4) is 0 Å². The van der Waals surface area contributed by atoms with Gasteiger partial charge in [-0.2, -0.15) is 0 Å². The summed E-state index contributed by atoms with van der Waals surface area (Å²) in [5.41, 5.74) is 3.10. The Morgan fingerprint density at radius 3 is 2.20 bits per heavy atom. The maximum atomic E-state index is 14.1. The molecule has 0 spiro atoms. The highest BCUT2D eigenvalue weighted by atomic mass is 32.2. The lowest BCUT2D eigenvalue weighted by atomic mass is 10.0. The second-order valence-electron chi connectivity index (χ2n) is 9.99. The average Bonchev–Trinajstić information content (AvgIpc) is 2.95. The zero-order valence-corrected chi connectivity index (χ0v) is 25.2. The quantitative estimate of drug-likeness (QED) is 0.263. The van der Waals surface area contributed by atoms with Gasteiger partial charge >= 0.3 is 0 Å². The normalized spacial score (nSPS) is 11.9. The number of carbonyl (C=O) groups excluding carboxylic acids is 2. The number of benzene rings is 3. The lowest BCUT2D eigenvalue weighted by molar-refractivity contribution is -0.140. The molecular formula is C32H41N3O5S. The minimum atomic E-state index is -3.83. The molecule has 0 radical (unpaired) electrons. The molecule has 0 aliphatic heterocycles. The van der Waals surface area contributed by atoms with Gasteiger partial charge in [0.05, 0.1) is 18.6 Å². The zero-order chi connectivity index (χ0) is 29.8. The highest BCUT2D eigenvalue weighted by molar-refractivity contribution is 7.92. The van der Waals surface area contributed by atoms with Gasteiger partial charge in [0, 0.05) is 19.5 Å². The Morgan fingerprint density at radius 2 is 1.59 bits per heavy atom. The number of carbonyl (C=O) groups is 2. The molecule has 9 heteroatoms. The number of nitrogens with one attached hydrogen (secondary N) is 1. The van der Waals surface area contributed by atoms with Crippen molar-refractivity contribution in [3.63, 3.8) is 0 Å². The van der Waals surface area contributed by atoms with E-state index in [1.54, 1.807) is 24.3 Å². The van der Waals surface area contributed by atoms with E-state index >= 15 is 0 Å². The SMILES string of the molecule is CCCCNC(=O)C(Cc1ccccc1)N(Cc1ccccc1C)C(=O)CN(c1ccc(OCC)cc1)S(C)(=O)=O. The van der Waals surface area contributed by atoms with Gasteiger partial charge < -0.3 is 15.0 Å². The average molecular weight is 580 g/mol. The number of hydrogen-bond acceptors (Lipinski definition) is 5. The van der Waals surface area contributed by atoms with Crippen LogP contribution in [-0.2, 0) is 32.6 Å². The molecule has 1 N–H and O–H groups in total. The van der Waals surface area contributed by atoms with E-state index in [4.69, 9.17) is 4.74 Å². The van der Waals surface area contributed by atoms with Crippen molar-refractivity contribution in [2.45, 2.75) is 52.6 Å². The summed E-state index contributed by atoms with van der Waals surface area (Å²) in [6.07, 6.45) is 3.09. The minimum absolute atomic E-state index is 0.158. The second kappa shape index (κ2) is 15.2. The van der Waals surface area contributed by atoms with Crippen LogP contribution in [0.2, 0.25) is 0 Å². The number of hydrogen-bond donors (Lipinski definition) is 1. The van der Waals surface area contributed by atoms with E-state index in [-0.39, 0.29) is 12.5 Å². The molecule has 0 fully saturated rings. The molecule has 0 saturated heterocycles. The molecule has 1 atom stereocenters. The lowest BCUT2D eigenvalue weighted by Gasteiger charge is -2.34. The highest BCUT2D eigenvalue weighted by Gasteiger charge is 2.33. The number of ether oxygens (including phenoxy) is 1. The summed E-state index contributed by atoms with van der Waals surface area (Å²) in [5, 5.41) is 2.99. The number of nitrogens with zero attached hydrogens (tertiary/aromatic N) is 2. The number of rotatable bonds is 15. The minimum Gasteiger partial charge on any atom is -0.494 e. The fourth-order valence-corrected chi connectivity index (χ4v) is 5.37. The Labute approximate surface area is 244 Å². The molecule has 0 bridgehead atoms. The first-order valence-corrected chi connectivity index (χ1v) is 15.8. The molecular weight excluding hydrogens is 538 g/mol. The Morgan fingerprint density at radius 1 is 0.927 bits per heavy atom. The molecule has 2 amide bonds. The molecule has 0 saturated carbocycles. The predicted molar refractivity (Wildman–Crippen MR) is 163 cm³/mol. The van der Waals surface area contributed by atoms with E-state index in [1.165, 1.54) is 4.90 Å². The van der Waals surface area contributed by atoms with Crippen molar-refractivity contribution < 1.29 is 22.7 Å². The molecule has 3 aromatic rings. The van der Waals surface area contributed by atoms with E-state index in [2.05, 4.69) is 5.32 Å². The van der Waals surface area contributed by atoms with Crippen molar-refractivity contribution in [3.05, 3.63) is 95.6 Å². The Kier molecular flexibility index (Phi) is 11.8. The summed E-state index contributed by atoms with van der Waals surface area (Å²) >= 11 is 0. The van der Waals surface area contributed by atoms with Gasteiger partial charge in [0.2, 0.25) is 21.8 Å². The maximum absolute atomic E-state index is 14.1. The largest absolute Gasteiger partial charge is 0.494 e. The Balaban J connectivity index is 2.02. The van der Waals surface area contributed by atoms with E-state index in [9.17, 15) is 18.0 Å². The summed E-state index contributed by atoms with van der Waals surface area (Å²) in [6.45, 7) is 6.54. The molecule has 220 valence electrons. The molecule has 0 aliphatic carbocycles. The summed E-state index contributed by atoms with van der Waals surface area (Å²) in [7, 11) is -3.83. The Bertz CT molecular complexity index is 1380. The van der Waals surface area contributed by atoms with Crippen molar-refractivity contribution >= 4 is 27.5 Å². The standard InChI is InChI=1S/C32H41N3O5S/c1-5-7-21-33-32(37)30(22-26-14-9-8-10-15-26)34(23-27-16-12-11-13-25(27)3)31(36)24-35(41(4,38)39)28-17-19-29(20-18-28)40-6-2/h8-20,30H,5-7,21-24H2,1-4H3,(H,33,37). The molecule has 0 aromatic heterocycles. The van der Waals surface area contributed by atoms with E-state index in [0.29, 0.717) is 31.0 Å². The second-order valence-corrected chi connectivity index (χ2v) is 11.9. The summed E-state index contributed by atoms with van der Waals surface area (Å²) in [5.74, 6) is -0.140. The smallest absolute Gasteiger partial charge is 0.244 e. The first-order valence-electron chi connectivity index (χ1n) is 14.0. The monoisotopic (exact) mass is 579 g/mol. The van der Waals surface area contributed by atoms with Gasteiger partial charge in [0.1, 0.15) is 18.3 Å². The highest BCUT2D eigenvalue weighted by Crippen LogP contribution is 2.23. The van der Waals surface area contributed by atoms with Gasteiger partial charge in [-0.15, -0.1) is 0 Å². The van der Waals surface area contributed by atoms with Crippen LogP contribution in [0.25, 0.3) is 0 Å². The Hall–Kier alpha value is -3.85. The van der Waals surface area contributed by atoms with Crippen LogP contribution >= 0.6 is 0 Å². The number of sulfonamides is 1. The van der Waals surface area contributed by atoms with Crippen molar-refractivity contribution in [3.8, 4) is 5.75 Å². The fourth-order valence-electron chi connectivity index (χ4n) is 4.52. The lowest BCUT2D eigenvalue weighted by Crippen LogP contribution is -2.53. The van der Waals surface area contributed by atoms with Gasteiger partial charge in [-0.3, -0.25) is 13.9 Å². The number of anilines is 1. The van der Waals surface area contributed by atoms with E-state index in [0.717, 1.165) is 40.1 Å². The first kappa shape index (κ1) is 31.7. The van der Waals surface area contributed by atoms with Gasteiger partial charge in [-0.25, -0.2) is 8.42 Å². The van der Waals surface area contributed by atoms with Gasteiger partial charge in [-0.05, 0) is 61.2 Å². The fraction of sp³-hybridized carbons (Fsp3) is 0.375. The molecule has 41 heavy (non-hydrogen) atoms. The van der Waals surface area contributed by atoms with Crippen molar-refractivity contribution in [1.82, 2.24) is 10.2 Å². The predicted octanol–water partition coefficient (Wildman–Crippen LogP) is 4.72. The van der Waals surface area contributed by atoms with Crippen LogP contribution in [0.1, 0.15) is 43.4 Å². The molecule has 3 aromatic carbocycles. The van der Waals surface area contributed by atoms with Crippen molar-refractivity contribution in [2.24, 2.45) is 0 Å². The third-order valence-corrected chi connectivity index (χ3v) is 7.96. The molecule has 1 unspecified atom stereocenters. The van der Waals surface area contributed by atoms with Gasteiger partial charge in [0.25, 0.3) is 0 Å². The number of unbranched alkanes of at least 4 members (excludes halogenated alkanes) is 1. The molecule has 0 heterocycles. The van der Waals surface area contributed by atoms with Crippen LogP contribution in [-0.4, -0.2) is 57.1 Å². The van der Waals surface area contributed by atoms with Crippen molar-refractivity contribution in [2.75, 3.05) is 30.3 Å². The maximum Gasteiger partial charge on any atom is 0.244 e. The first-order chi connectivity index (χ1) is 19.6. The summed E-state index contributed by atoms with van der Waals surface area (Å²) < 4.78 is 32.4. The molecule has 0 aliphatic rings. The van der Waals surface area contributed by atoms with Crippen molar-refractivity contribution in [1.29, 1.82) is 0 Å². The number of amides is 2. The van der Waals surface area contributed by atoms with Crippen LogP contribution in [0, 0.1) is 6.92 Å². The topological polar surface area (TPSA) is 96.0 Å². The van der Waals surface area contributed by atoms with Crippen LogP contribution < -0.4 is 14.4 Å². The van der Waals surface area contributed by atoms with E-state index in [1.807, 2.05) is 75.4 Å². The third-order valence-electron chi connectivity index (χ3n) is 6.82. The number of aryl methyl sites for hydroxylation is 1. The molecule has 3 rings (SSSR count). The summed E-state index contributed by atoms with van der Waals surface area (Å²) in [6, 6.07) is 22.9. The third kappa shape index (κ3) is 9.35. The van der Waals surface area contributed by atoms with Gasteiger partial charge in [0.15, 0.2) is 0 Å². The molecule has 8 nitrogen and oxygen atoms in total. The zero-order valence-electron chi connectivity index (χ0n) is 24.4. The van der Waals surface area contributed by atoms with Crippen LogP contribution in [0.5, 0.6) is 5.75 Å². The van der Waals surface area contributed by atoms with Crippen LogP contribution in [0.4, 0.5) is 5.69 Å². The van der Waals surface area contributed by atoms with Crippen LogP contribution in [0.15, 0.2) is 78.9 Å². The van der Waals surface area contributed by atoms with E-state index < -0.39 is 28.5 Å². The van der Waals surface area contributed by atoms with Gasteiger partial charge in [-0.1, -0.05) is 67.9 Å². The summed E-state index contributed by atoms with van der Waals surface area (Å²) in [4.78, 5) is 29.3.